The number of halogens is 6. The van der Waals surface area contributed by atoms with Gasteiger partial charge in [-0.3, -0.25) is 0 Å². The molecule has 0 radical (unpaired) electrons. The summed E-state index contributed by atoms with van der Waals surface area (Å²) in [7, 11) is 0.276. The molecule has 0 aromatic heterocycles. The van der Waals surface area contributed by atoms with E-state index in [4.69, 9.17) is 4.74 Å². The largest absolute Gasteiger partial charge is 0.413 e. The molecule has 1 fully saturated rings. The fourth-order valence-electron chi connectivity index (χ4n) is 1.20. The van der Waals surface area contributed by atoms with Crippen molar-refractivity contribution in [2.75, 3.05) is 6.61 Å². The van der Waals surface area contributed by atoms with Gasteiger partial charge in [0.15, 0.2) is 0 Å². The Labute approximate surface area is 95.7 Å². The van der Waals surface area contributed by atoms with Crippen molar-refractivity contribution in [1.29, 1.82) is 0 Å². The molecule has 0 aromatic carbocycles. The summed E-state index contributed by atoms with van der Waals surface area (Å²) >= 11 is 0. The van der Waals surface area contributed by atoms with Crippen molar-refractivity contribution in [2.45, 2.75) is 35.9 Å². The minimum atomic E-state index is -5.32. The van der Waals surface area contributed by atoms with Crippen LogP contribution in [0.25, 0.3) is 0 Å². The van der Waals surface area contributed by atoms with Crippen LogP contribution in [0.1, 0.15) is 13.3 Å². The van der Waals surface area contributed by atoms with Gasteiger partial charge in [0, 0.05) is 13.0 Å². The Morgan fingerprint density at radius 2 is 1.69 bits per heavy atom. The highest BCUT2D eigenvalue weighted by Gasteiger charge is 2.74. The summed E-state index contributed by atoms with van der Waals surface area (Å²) in [6.45, 7) is 1.61. The Kier molecular flexibility index (Phi) is 4.01. The Morgan fingerprint density at radius 3 is 2.00 bits per heavy atom. The van der Waals surface area contributed by atoms with Crippen LogP contribution in [0.3, 0.4) is 0 Å². The lowest BCUT2D eigenvalue weighted by atomic mass is 10.0. The first kappa shape index (κ1) is 14.3. The van der Waals surface area contributed by atoms with Gasteiger partial charge in [0.1, 0.15) is 5.44 Å². The van der Waals surface area contributed by atoms with E-state index in [0.717, 1.165) is 0 Å². The maximum absolute atomic E-state index is 12.5. The standard InChI is InChI=1S/C7H8F6OS2/c1-2-14-4-3-5(16-15-4,6(8,9)10)7(11,12)13/h4H,2-3H2,1H3. The quantitative estimate of drug-likeness (QED) is 0.561. The first-order chi connectivity index (χ1) is 7.14. The third-order valence-electron chi connectivity index (χ3n) is 2.02. The van der Waals surface area contributed by atoms with Crippen molar-refractivity contribution >= 4 is 21.6 Å². The van der Waals surface area contributed by atoms with E-state index in [1.54, 1.807) is 0 Å². The fourth-order valence-corrected chi connectivity index (χ4v) is 4.45. The lowest BCUT2D eigenvalue weighted by molar-refractivity contribution is -0.267. The van der Waals surface area contributed by atoms with Gasteiger partial charge in [-0.1, -0.05) is 21.6 Å². The molecule has 16 heavy (non-hydrogen) atoms. The van der Waals surface area contributed by atoms with Gasteiger partial charge in [0.25, 0.3) is 0 Å². The smallest absolute Gasteiger partial charge is 0.367 e. The zero-order chi connectivity index (χ0) is 12.6. The Hall–Kier alpha value is 0.240. The van der Waals surface area contributed by atoms with Crippen molar-refractivity contribution in [2.24, 2.45) is 0 Å². The summed E-state index contributed by atoms with van der Waals surface area (Å²) in [4.78, 5) is 0. The van der Waals surface area contributed by atoms with Crippen molar-refractivity contribution in [3.8, 4) is 0 Å². The SMILES string of the molecule is CCOC1CC(C(F)(F)F)(C(F)(F)F)SS1. The molecule has 0 aliphatic carbocycles. The maximum Gasteiger partial charge on any atom is 0.413 e. The fraction of sp³-hybridized carbons (Fsp3) is 1.00. The lowest BCUT2D eigenvalue weighted by Crippen LogP contribution is -2.53. The molecule has 96 valence electrons. The summed E-state index contributed by atoms with van der Waals surface area (Å²) in [5, 5.41) is 0. The number of hydrogen-bond donors (Lipinski definition) is 0. The average Bonchev–Trinajstić information content (AvgIpc) is 2.47. The molecule has 1 saturated heterocycles. The molecule has 1 atom stereocenters. The normalized spacial score (nSPS) is 26.1. The molecule has 1 aliphatic heterocycles. The zero-order valence-electron chi connectivity index (χ0n) is 7.98. The first-order valence-corrected chi connectivity index (χ1v) is 6.45. The van der Waals surface area contributed by atoms with Gasteiger partial charge in [-0.25, -0.2) is 0 Å². The first-order valence-electron chi connectivity index (χ1n) is 4.23. The van der Waals surface area contributed by atoms with E-state index in [9.17, 15) is 26.3 Å². The molecule has 1 heterocycles. The van der Waals surface area contributed by atoms with Crippen LogP contribution in [0.4, 0.5) is 26.3 Å². The van der Waals surface area contributed by atoms with Gasteiger partial charge in [-0.15, -0.1) is 0 Å². The predicted molar refractivity (Wildman–Crippen MR) is 50.1 cm³/mol. The predicted octanol–water partition coefficient (Wildman–Crippen LogP) is 4.00. The number of rotatable bonds is 2. The molecule has 0 saturated carbocycles. The Bertz CT molecular complexity index is 236. The van der Waals surface area contributed by atoms with Gasteiger partial charge in [0.2, 0.25) is 4.75 Å². The molecule has 1 nitrogen and oxygen atoms in total. The van der Waals surface area contributed by atoms with Gasteiger partial charge in [-0.2, -0.15) is 26.3 Å². The van der Waals surface area contributed by atoms with Gasteiger partial charge in [-0.05, 0) is 6.92 Å². The van der Waals surface area contributed by atoms with Crippen molar-refractivity contribution in [3.63, 3.8) is 0 Å². The monoisotopic (exact) mass is 286 g/mol. The molecule has 0 spiro atoms. The van der Waals surface area contributed by atoms with Crippen molar-refractivity contribution in [3.05, 3.63) is 0 Å². The molecule has 1 aliphatic rings. The minimum Gasteiger partial charge on any atom is -0.367 e. The van der Waals surface area contributed by atoms with Crippen LogP contribution in [0, 0.1) is 0 Å². The number of ether oxygens (including phenoxy) is 1. The summed E-state index contributed by atoms with van der Waals surface area (Å²) < 4.78 is 76.2. The van der Waals surface area contributed by atoms with Gasteiger partial charge < -0.3 is 4.74 Å². The number of hydrogen-bond acceptors (Lipinski definition) is 3. The van der Waals surface area contributed by atoms with Crippen LogP contribution in [0.2, 0.25) is 0 Å². The molecular weight excluding hydrogens is 278 g/mol. The summed E-state index contributed by atoms with van der Waals surface area (Å²) in [6.07, 6.45) is -11.7. The molecule has 0 N–H and O–H groups in total. The third-order valence-corrected chi connectivity index (χ3v) is 5.33. The third kappa shape index (κ3) is 2.40. The van der Waals surface area contributed by atoms with E-state index in [1.807, 2.05) is 0 Å². The number of alkyl halides is 6. The molecule has 1 rings (SSSR count). The topological polar surface area (TPSA) is 9.23 Å². The summed E-state index contributed by atoms with van der Waals surface area (Å²) in [5.41, 5.74) is -1.07. The van der Waals surface area contributed by atoms with Crippen LogP contribution < -0.4 is 0 Å². The van der Waals surface area contributed by atoms with E-state index in [1.165, 1.54) is 6.92 Å². The van der Waals surface area contributed by atoms with E-state index < -0.39 is 29.0 Å². The average molecular weight is 286 g/mol. The molecule has 9 heteroatoms. The summed E-state index contributed by atoms with van der Waals surface area (Å²) in [6, 6.07) is 0. The molecular formula is C7H8F6OS2. The molecule has 0 bridgehead atoms. The Balaban J connectivity index is 2.93. The van der Waals surface area contributed by atoms with Crippen LogP contribution >= 0.6 is 21.6 Å². The van der Waals surface area contributed by atoms with E-state index in [-0.39, 0.29) is 17.4 Å². The highest BCUT2D eigenvalue weighted by molar-refractivity contribution is 8.77. The van der Waals surface area contributed by atoms with E-state index in [2.05, 4.69) is 0 Å². The molecule has 0 amide bonds. The highest BCUT2D eigenvalue weighted by Crippen LogP contribution is 2.64. The molecule has 1 unspecified atom stereocenters. The second-order valence-electron chi connectivity index (χ2n) is 3.09. The maximum atomic E-state index is 12.5. The van der Waals surface area contributed by atoms with Gasteiger partial charge in [0.05, 0.1) is 0 Å². The second kappa shape index (κ2) is 4.49. The highest BCUT2D eigenvalue weighted by atomic mass is 33.1. The lowest BCUT2D eigenvalue weighted by Gasteiger charge is -2.31. The van der Waals surface area contributed by atoms with Crippen LogP contribution in [-0.4, -0.2) is 29.1 Å². The van der Waals surface area contributed by atoms with Crippen LogP contribution in [0.5, 0.6) is 0 Å². The second-order valence-corrected chi connectivity index (χ2v) is 5.75. The van der Waals surface area contributed by atoms with Crippen LogP contribution in [-0.2, 0) is 4.74 Å². The van der Waals surface area contributed by atoms with E-state index in [0.29, 0.717) is 10.8 Å². The van der Waals surface area contributed by atoms with Crippen molar-refractivity contribution < 1.29 is 31.1 Å². The van der Waals surface area contributed by atoms with Crippen molar-refractivity contribution in [1.82, 2.24) is 0 Å². The zero-order valence-corrected chi connectivity index (χ0v) is 9.62. The summed E-state index contributed by atoms with van der Waals surface area (Å²) in [5.74, 6) is 0. The van der Waals surface area contributed by atoms with E-state index >= 15 is 0 Å². The van der Waals surface area contributed by atoms with Crippen LogP contribution in [0.15, 0.2) is 0 Å². The Morgan fingerprint density at radius 1 is 1.19 bits per heavy atom. The minimum absolute atomic E-state index is 0.0873. The van der Waals surface area contributed by atoms with Gasteiger partial charge >= 0.3 is 12.4 Å². The molecule has 0 aromatic rings.